The van der Waals surface area contributed by atoms with Crippen LogP contribution in [0.5, 0.6) is 0 Å². The molecule has 1 fully saturated rings. The van der Waals surface area contributed by atoms with Crippen molar-refractivity contribution in [2.45, 2.75) is 4.21 Å². The molecule has 2 heterocycles. The highest BCUT2D eigenvalue weighted by Gasteiger charge is 2.20. The van der Waals surface area contributed by atoms with Crippen LogP contribution >= 0.6 is 11.3 Å². The summed E-state index contributed by atoms with van der Waals surface area (Å²) in [6.45, 7) is 2.08. The Morgan fingerprint density at radius 3 is 3.00 bits per heavy atom. The molecule has 66 valence electrons. The van der Waals surface area contributed by atoms with Gasteiger partial charge in [0.1, 0.15) is 0 Å². The van der Waals surface area contributed by atoms with Crippen LogP contribution in [0.3, 0.4) is 0 Å². The van der Waals surface area contributed by atoms with Crippen molar-refractivity contribution in [1.82, 2.24) is 5.32 Å². The minimum absolute atomic E-state index is 0.632. The van der Waals surface area contributed by atoms with Gasteiger partial charge in [-0.2, -0.15) is 0 Å². The molecule has 1 aliphatic heterocycles. The Balaban J connectivity index is 1.92. The molecule has 0 bridgehead atoms. The Bertz CT molecular complexity index is 267. The number of nitrogens with one attached hydrogen (secondary N) is 1. The van der Waals surface area contributed by atoms with Crippen molar-refractivity contribution in [2.75, 3.05) is 18.8 Å². The van der Waals surface area contributed by atoms with E-state index in [4.69, 9.17) is 0 Å². The highest BCUT2D eigenvalue weighted by atomic mass is 32.2. The van der Waals surface area contributed by atoms with Crippen molar-refractivity contribution in [1.29, 1.82) is 0 Å². The van der Waals surface area contributed by atoms with E-state index in [1.165, 1.54) is 0 Å². The predicted octanol–water partition coefficient (Wildman–Crippen LogP) is 1.08. The Hall–Kier alpha value is -0.190. The van der Waals surface area contributed by atoms with Crippen molar-refractivity contribution in [3.05, 3.63) is 17.5 Å². The fourth-order valence-electron chi connectivity index (χ4n) is 1.16. The van der Waals surface area contributed by atoms with Crippen LogP contribution in [-0.2, 0) is 10.8 Å². The SMILES string of the molecule is O=S(CC1CNC1)c1cccs1. The lowest BCUT2D eigenvalue weighted by Gasteiger charge is -2.26. The Kier molecular flexibility index (Phi) is 2.58. The molecule has 0 aromatic carbocycles. The summed E-state index contributed by atoms with van der Waals surface area (Å²) in [5.74, 6) is 1.46. The first kappa shape index (κ1) is 8.41. The van der Waals surface area contributed by atoms with Crippen molar-refractivity contribution < 1.29 is 4.21 Å². The van der Waals surface area contributed by atoms with E-state index in [1.54, 1.807) is 11.3 Å². The molecule has 2 nitrogen and oxygen atoms in total. The third-order valence-corrected chi connectivity index (χ3v) is 4.84. The van der Waals surface area contributed by atoms with Crippen LogP contribution in [-0.4, -0.2) is 23.1 Å². The molecule has 1 unspecified atom stereocenters. The second kappa shape index (κ2) is 3.68. The minimum Gasteiger partial charge on any atom is -0.316 e. The molecule has 1 aromatic rings. The minimum atomic E-state index is -0.753. The third-order valence-electron chi connectivity index (χ3n) is 1.97. The molecule has 4 heteroatoms. The smallest absolute Gasteiger partial charge is 0.0910 e. The van der Waals surface area contributed by atoms with Crippen LogP contribution in [0.25, 0.3) is 0 Å². The zero-order valence-corrected chi connectivity index (χ0v) is 8.29. The Labute approximate surface area is 78.4 Å². The fraction of sp³-hybridized carbons (Fsp3) is 0.500. The zero-order chi connectivity index (χ0) is 8.39. The maximum absolute atomic E-state index is 11.6. The average molecular weight is 201 g/mol. The summed E-state index contributed by atoms with van der Waals surface area (Å²) in [4.78, 5) is 0. The van der Waals surface area contributed by atoms with E-state index in [9.17, 15) is 4.21 Å². The summed E-state index contributed by atoms with van der Waals surface area (Å²) in [7, 11) is -0.753. The van der Waals surface area contributed by atoms with Crippen LogP contribution in [0.4, 0.5) is 0 Å². The van der Waals surface area contributed by atoms with Gasteiger partial charge >= 0.3 is 0 Å². The molecule has 1 aromatic heterocycles. The summed E-state index contributed by atoms with van der Waals surface area (Å²) in [5, 5.41) is 5.16. The van der Waals surface area contributed by atoms with Crippen molar-refractivity contribution >= 4 is 22.1 Å². The van der Waals surface area contributed by atoms with Crippen LogP contribution < -0.4 is 5.32 Å². The van der Waals surface area contributed by atoms with Gasteiger partial charge in [-0.05, 0) is 17.4 Å². The summed E-state index contributed by atoms with van der Waals surface area (Å²) >= 11 is 1.59. The van der Waals surface area contributed by atoms with Crippen molar-refractivity contribution in [3.63, 3.8) is 0 Å². The lowest BCUT2D eigenvalue weighted by atomic mass is 10.1. The van der Waals surface area contributed by atoms with E-state index in [0.717, 1.165) is 23.1 Å². The number of hydrogen-bond acceptors (Lipinski definition) is 3. The highest BCUT2D eigenvalue weighted by Crippen LogP contribution is 2.17. The first-order chi connectivity index (χ1) is 5.86. The number of thiophene rings is 1. The first-order valence-electron chi connectivity index (χ1n) is 3.99. The Morgan fingerprint density at radius 2 is 2.50 bits per heavy atom. The molecule has 0 saturated carbocycles. The number of hydrogen-bond donors (Lipinski definition) is 1. The second-order valence-corrected chi connectivity index (χ2v) is 5.64. The van der Waals surface area contributed by atoms with Gasteiger partial charge in [0.25, 0.3) is 0 Å². The molecule has 0 amide bonds. The van der Waals surface area contributed by atoms with Crippen LogP contribution in [0, 0.1) is 5.92 Å². The molecular weight excluding hydrogens is 190 g/mol. The van der Waals surface area contributed by atoms with E-state index in [1.807, 2.05) is 17.5 Å². The molecule has 1 saturated heterocycles. The maximum atomic E-state index is 11.6. The average Bonchev–Trinajstić information content (AvgIpc) is 2.47. The van der Waals surface area contributed by atoms with Gasteiger partial charge in [-0.3, -0.25) is 4.21 Å². The molecule has 0 spiro atoms. The van der Waals surface area contributed by atoms with Gasteiger partial charge in [-0.15, -0.1) is 11.3 Å². The van der Waals surface area contributed by atoms with E-state index < -0.39 is 10.8 Å². The molecular formula is C8H11NOS2. The monoisotopic (exact) mass is 201 g/mol. The topological polar surface area (TPSA) is 29.1 Å². The van der Waals surface area contributed by atoms with Gasteiger partial charge in [0.15, 0.2) is 0 Å². The van der Waals surface area contributed by atoms with Crippen molar-refractivity contribution in [3.8, 4) is 0 Å². The van der Waals surface area contributed by atoms with Crippen molar-refractivity contribution in [2.24, 2.45) is 5.92 Å². The molecule has 1 atom stereocenters. The summed E-state index contributed by atoms with van der Waals surface area (Å²) in [5.41, 5.74) is 0. The molecule has 0 radical (unpaired) electrons. The van der Waals surface area contributed by atoms with E-state index in [2.05, 4.69) is 5.32 Å². The molecule has 1 aliphatic rings. The molecule has 0 aliphatic carbocycles. The molecule has 12 heavy (non-hydrogen) atoms. The van der Waals surface area contributed by atoms with Gasteiger partial charge < -0.3 is 5.32 Å². The lowest BCUT2D eigenvalue weighted by Crippen LogP contribution is -2.44. The fourth-order valence-corrected chi connectivity index (χ4v) is 3.46. The first-order valence-corrected chi connectivity index (χ1v) is 6.19. The van der Waals surface area contributed by atoms with Gasteiger partial charge in [-0.25, -0.2) is 0 Å². The normalized spacial score (nSPS) is 20.3. The third kappa shape index (κ3) is 1.76. The van der Waals surface area contributed by atoms with Crippen LogP contribution in [0.2, 0.25) is 0 Å². The largest absolute Gasteiger partial charge is 0.316 e. The van der Waals surface area contributed by atoms with Crippen LogP contribution in [0.15, 0.2) is 21.7 Å². The lowest BCUT2D eigenvalue weighted by molar-refractivity contribution is 0.382. The summed E-state index contributed by atoms with van der Waals surface area (Å²) in [6, 6.07) is 3.91. The number of rotatable bonds is 3. The van der Waals surface area contributed by atoms with Gasteiger partial charge in [-0.1, -0.05) is 6.07 Å². The van der Waals surface area contributed by atoms with Gasteiger partial charge in [0.2, 0.25) is 0 Å². The van der Waals surface area contributed by atoms with Crippen LogP contribution in [0.1, 0.15) is 0 Å². The molecule has 1 N–H and O–H groups in total. The maximum Gasteiger partial charge on any atom is 0.0910 e. The predicted molar refractivity (Wildman–Crippen MR) is 52.0 cm³/mol. The van der Waals surface area contributed by atoms with E-state index >= 15 is 0 Å². The standard InChI is InChI=1S/C8H11NOS2/c10-12(6-7-4-9-5-7)8-2-1-3-11-8/h1-3,7,9H,4-6H2. The van der Waals surface area contributed by atoms with E-state index in [0.29, 0.717) is 5.92 Å². The highest BCUT2D eigenvalue weighted by molar-refractivity contribution is 7.87. The van der Waals surface area contributed by atoms with Gasteiger partial charge in [0.05, 0.1) is 15.0 Å². The molecule has 2 rings (SSSR count). The van der Waals surface area contributed by atoms with Gasteiger partial charge in [0, 0.05) is 18.8 Å². The second-order valence-electron chi connectivity index (χ2n) is 2.97. The summed E-state index contributed by atoms with van der Waals surface area (Å²) in [6.07, 6.45) is 0. The van der Waals surface area contributed by atoms with E-state index in [-0.39, 0.29) is 0 Å². The summed E-state index contributed by atoms with van der Waals surface area (Å²) < 4.78 is 12.6. The quantitative estimate of drug-likeness (QED) is 0.792. The zero-order valence-electron chi connectivity index (χ0n) is 6.66. The Morgan fingerprint density at radius 1 is 1.67 bits per heavy atom.